The predicted octanol–water partition coefficient (Wildman–Crippen LogP) is 3.33. The summed E-state index contributed by atoms with van der Waals surface area (Å²) < 4.78 is 44.7. The summed E-state index contributed by atoms with van der Waals surface area (Å²) in [6.07, 6.45) is 1.08. The van der Waals surface area contributed by atoms with Gasteiger partial charge in [-0.15, -0.1) is 0 Å². The van der Waals surface area contributed by atoms with Gasteiger partial charge in [-0.25, -0.2) is 12.8 Å². The fraction of sp³-hybridized carbons (Fsp3) is 0.350. The summed E-state index contributed by atoms with van der Waals surface area (Å²) in [4.78, 5) is 12.3. The van der Waals surface area contributed by atoms with E-state index >= 15 is 0 Å². The van der Waals surface area contributed by atoms with Gasteiger partial charge in [0.1, 0.15) is 11.6 Å². The summed E-state index contributed by atoms with van der Waals surface area (Å²) in [5.74, 6) is -0.231. The zero-order valence-corrected chi connectivity index (χ0v) is 17.2. The number of anilines is 1. The van der Waals surface area contributed by atoms with Crippen molar-refractivity contribution in [3.8, 4) is 5.75 Å². The number of carbonyl (C=O) groups is 1. The van der Waals surface area contributed by atoms with Gasteiger partial charge in [-0.1, -0.05) is 0 Å². The quantitative estimate of drug-likeness (QED) is 0.727. The molecule has 0 atom stereocenters. The second-order valence-corrected chi connectivity index (χ2v) is 8.54. The van der Waals surface area contributed by atoms with Crippen molar-refractivity contribution < 1.29 is 22.3 Å². The highest BCUT2D eigenvalue weighted by Crippen LogP contribution is 2.27. The second kappa shape index (κ2) is 9.05. The van der Waals surface area contributed by atoms with Crippen LogP contribution in [0.15, 0.2) is 42.5 Å². The van der Waals surface area contributed by atoms with Crippen molar-refractivity contribution in [1.29, 1.82) is 0 Å². The number of sulfonamides is 1. The Morgan fingerprint density at radius 3 is 2.36 bits per heavy atom. The molecule has 0 saturated carbocycles. The first kappa shape index (κ1) is 21.7. The van der Waals surface area contributed by atoms with Gasteiger partial charge in [-0.05, 0) is 63.2 Å². The summed E-state index contributed by atoms with van der Waals surface area (Å²) in [7, 11) is -3.66. The molecule has 2 aromatic rings. The number of hydrogen-bond donors (Lipinski definition) is 1. The molecule has 28 heavy (non-hydrogen) atoms. The molecule has 1 N–H and O–H groups in total. The maximum absolute atomic E-state index is 13.3. The number of hydrogen-bond acceptors (Lipinski definition) is 4. The molecule has 6 nitrogen and oxygen atoms in total. The molecule has 0 fully saturated rings. The first-order valence-electron chi connectivity index (χ1n) is 8.91. The van der Waals surface area contributed by atoms with Crippen LogP contribution in [-0.4, -0.2) is 33.2 Å². The van der Waals surface area contributed by atoms with Crippen molar-refractivity contribution in [2.45, 2.75) is 33.4 Å². The molecular formula is C20H25FN2O4S. The fourth-order valence-corrected chi connectivity index (χ4v) is 3.53. The van der Waals surface area contributed by atoms with Gasteiger partial charge < -0.3 is 10.1 Å². The van der Waals surface area contributed by atoms with Crippen LogP contribution in [0.2, 0.25) is 0 Å². The van der Waals surface area contributed by atoms with Crippen LogP contribution in [0.1, 0.15) is 36.7 Å². The molecule has 0 saturated heterocycles. The monoisotopic (exact) mass is 408 g/mol. The number of carbonyl (C=O) groups excluding carboxylic acids is 1. The number of halogens is 1. The first-order valence-corrected chi connectivity index (χ1v) is 10.8. The number of rotatable bonds is 8. The third kappa shape index (κ3) is 5.69. The molecule has 0 aliphatic heterocycles. The van der Waals surface area contributed by atoms with Crippen molar-refractivity contribution in [3.05, 3.63) is 59.4 Å². The van der Waals surface area contributed by atoms with Gasteiger partial charge in [-0.3, -0.25) is 9.10 Å². The van der Waals surface area contributed by atoms with Crippen LogP contribution >= 0.6 is 0 Å². The van der Waals surface area contributed by atoms with Crippen molar-refractivity contribution in [2.24, 2.45) is 0 Å². The van der Waals surface area contributed by atoms with E-state index in [4.69, 9.17) is 4.74 Å². The molecule has 2 rings (SSSR count). The van der Waals surface area contributed by atoms with Gasteiger partial charge in [-0.2, -0.15) is 0 Å². The smallest absolute Gasteiger partial charge is 0.251 e. The molecule has 2 aromatic carbocycles. The molecule has 0 spiro atoms. The maximum Gasteiger partial charge on any atom is 0.251 e. The average Bonchev–Trinajstić information content (AvgIpc) is 2.60. The molecule has 152 valence electrons. The molecular weight excluding hydrogens is 383 g/mol. The summed E-state index contributed by atoms with van der Waals surface area (Å²) in [6, 6.07) is 10.1. The SMILES string of the molecule is CCOc1ccc(C(=O)NC(C)C)cc1CN(c1ccc(F)cc1)S(C)(=O)=O. The van der Waals surface area contributed by atoms with Crippen LogP contribution in [0.4, 0.5) is 10.1 Å². The zero-order valence-electron chi connectivity index (χ0n) is 16.4. The highest BCUT2D eigenvalue weighted by atomic mass is 32.2. The van der Waals surface area contributed by atoms with E-state index in [1.807, 2.05) is 20.8 Å². The van der Waals surface area contributed by atoms with E-state index in [0.29, 0.717) is 29.2 Å². The molecule has 0 aromatic heterocycles. The summed E-state index contributed by atoms with van der Waals surface area (Å²) >= 11 is 0. The van der Waals surface area contributed by atoms with Crippen molar-refractivity contribution in [2.75, 3.05) is 17.2 Å². The van der Waals surface area contributed by atoms with Crippen LogP contribution in [0.5, 0.6) is 5.75 Å². The Balaban J connectivity index is 2.46. The molecule has 8 heteroatoms. The van der Waals surface area contributed by atoms with Crippen LogP contribution < -0.4 is 14.4 Å². The van der Waals surface area contributed by atoms with Crippen molar-refractivity contribution in [1.82, 2.24) is 5.32 Å². The number of ether oxygens (including phenoxy) is 1. The van der Waals surface area contributed by atoms with E-state index < -0.39 is 15.8 Å². The van der Waals surface area contributed by atoms with E-state index in [0.717, 1.165) is 10.6 Å². The van der Waals surface area contributed by atoms with Gasteiger partial charge in [0.25, 0.3) is 5.91 Å². The molecule has 0 aliphatic rings. The standard InChI is InChI=1S/C20H25FN2O4S/c1-5-27-19-11-6-15(20(24)22-14(2)3)12-16(19)13-23(28(4,25)26)18-9-7-17(21)8-10-18/h6-12,14H,5,13H2,1-4H3,(H,22,24). The van der Waals surface area contributed by atoms with Crippen LogP contribution in [0.25, 0.3) is 0 Å². The highest BCUT2D eigenvalue weighted by molar-refractivity contribution is 7.92. The Morgan fingerprint density at radius 1 is 1.18 bits per heavy atom. The van der Waals surface area contributed by atoms with Crippen LogP contribution in [0, 0.1) is 5.82 Å². The van der Waals surface area contributed by atoms with Crippen LogP contribution in [-0.2, 0) is 16.6 Å². The van der Waals surface area contributed by atoms with Gasteiger partial charge in [0.05, 0.1) is 25.1 Å². The fourth-order valence-electron chi connectivity index (χ4n) is 2.65. The molecule has 0 unspecified atom stereocenters. The number of benzene rings is 2. The normalized spacial score (nSPS) is 11.4. The Bertz CT molecular complexity index is 928. The van der Waals surface area contributed by atoms with E-state index in [2.05, 4.69) is 5.32 Å². The van der Waals surface area contributed by atoms with Crippen molar-refractivity contribution in [3.63, 3.8) is 0 Å². The van der Waals surface area contributed by atoms with Crippen molar-refractivity contribution >= 4 is 21.6 Å². The molecule has 0 heterocycles. The van der Waals surface area contributed by atoms with E-state index in [-0.39, 0.29) is 18.5 Å². The maximum atomic E-state index is 13.3. The highest BCUT2D eigenvalue weighted by Gasteiger charge is 2.21. The van der Waals surface area contributed by atoms with Gasteiger partial charge in [0.2, 0.25) is 10.0 Å². The first-order chi connectivity index (χ1) is 13.1. The third-order valence-electron chi connectivity index (χ3n) is 3.87. The van der Waals surface area contributed by atoms with Gasteiger partial charge in [0, 0.05) is 17.2 Å². The largest absolute Gasteiger partial charge is 0.494 e. The summed E-state index contributed by atoms with van der Waals surface area (Å²) in [5.41, 5.74) is 1.26. The van der Waals surface area contributed by atoms with Gasteiger partial charge in [0.15, 0.2) is 0 Å². The Kier molecular flexibility index (Phi) is 7.01. The minimum absolute atomic E-state index is 0.0331. The summed E-state index contributed by atoms with van der Waals surface area (Å²) in [5, 5.41) is 2.81. The summed E-state index contributed by atoms with van der Waals surface area (Å²) in [6.45, 7) is 5.86. The molecule has 0 aliphatic carbocycles. The average molecular weight is 408 g/mol. The van der Waals surface area contributed by atoms with E-state index in [1.54, 1.807) is 18.2 Å². The lowest BCUT2D eigenvalue weighted by Crippen LogP contribution is -2.31. The number of amides is 1. The molecule has 1 amide bonds. The minimum Gasteiger partial charge on any atom is -0.494 e. The number of nitrogens with zero attached hydrogens (tertiary/aromatic N) is 1. The number of nitrogens with one attached hydrogen (secondary N) is 1. The Labute approximate surface area is 165 Å². The predicted molar refractivity (Wildman–Crippen MR) is 108 cm³/mol. The van der Waals surface area contributed by atoms with Crippen LogP contribution in [0.3, 0.4) is 0 Å². The second-order valence-electron chi connectivity index (χ2n) is 6.63. The Morgan fingerprint density at radius 2 is 1.82 bits per heavy atom. The molecule has 0 bridgehead atoms. The minimum atomic E-state index is -3.66. The molecule has 0 radical (unpaired) electrons. The lowest BCUT2D eigenvalue weighted by molar-refractivity contribution is 0.0943. The van der Waals surface area contributed by atoms with E-state index in [9.17, 15) is 17.6 Å². The third-order valence-corrected chi connectivity index (χ3v) is 5.01. The van der Waals surface area contributed by atoms with Gasteiger partial charge >= 0.3 is 0 Å². The lowest BCUT2D eigenvalue weighted by atomic mass is 10.1. The zero-order chi connectivity index (χ0) is 20.9. The topological polar surface area (TPSA) is 75.7 Å². The van der Waals surface area contributed by atoms with E-state index in [1.165, 1.54) is 24.3 Å². The lowest BCUT2D eigenvalue weighted by Gasteiger charge is -2.24. The Hall–Kier alpha value is -2.61.